The molecule has 0 heterocycles. The minimum absolute atomic E-state index is 0.0166. The third-order valence-electron chi connectivity index (χ3n) is 5.05. The number of phenolic OH excluding ortho intramolecular Hbond substituents is 4. The Morgan fingerprint density at radius 2 is 0.972 bits per heavy atom. The molecule has 0 bridgehead atoms. The van der Waals surface area contributed by atoms with Crippen molar-refractivity contribution in [3.63, 3.8) is 0 Å². The summed E-state index contributed by atoms with van der Waals surface area (Å²) >= 11 is 0. The third kappa shape index (κ3) is 8.27. The lowest BCUT2D eigenvalue weighted by molar-refractivity contribution is 0.281. The first-order valence-corrected chi connectivity index (χ1v) is 11.1. The summed E-state index contributed by atoms with van der Waals surface area (Å²) in [7, 11) is 1.60. The molecular formula is C30H28O6. The molecule has 0 aliphatic carbocycles. The van der Waals surface area contributed by atoms with Crippen molar-refractivity contribution in [1.29, 1.82) is 0 Å². The van der Waals surface area contributed by atoms with Crippen LogP contribution in [0.15, 0.2) is 84.9 Å². The van der Waals surface area contributed by atoms with Gasteiger partial charge in [-0.1, -0.05) is 48.6 Å². The molecule has 184 valence electrons. The summed E-state index contributed by atoms with van der Waals surface area (Å²) in [5.74, 6) is 1.24. The second-order valence-corrected chi connectivity index (χ2v) is 7.91. The van der Waals surface area contributed by atoms with Gasteiger partial charge in [0.15, 0.2) is 0 Å². The molecule has 0 saturated carbocycles. The van der Waals surface area contributed by atoms with E-state index in [0.29, 0.717) is 5.56 Å². The summed E-state index contributed by atoms with van der Waals surface area (Å²) < 4.78 is 5.19. The van der Waals surface area contributed by atoms with E-state index < -0.39 is 0 Å². The zero-order valence-electron chi connectivity index (χ0n) is 19.7. The van der Waals surface area contributed by atoms with Crippen molar-refractivity contribution in [1.82, 2.24) is 0 Å². The normalized spacial score (nSPS) is 10.8. The van der Waals surface area contributed by atoms with Crippen molar-refractivity contribution in [2.24, 2.45) is 0 Å². The molecule has 4 rings (SSSR count). The summed E-state index contributed by atoms with van der Waals surface area (Å²) in [4.78, 5) is 0. The summed E-state index contributed by atoms with van der Waals surface area (Å²) in [6, 6.07) is 23.7. The van der Waals surface area contributed by atoms with E-state index in [1.165, 1.54) is 6.07 Å². The second kappa shape index (κ2) is 12.7. The molecule has 0 unspecified atom stereocenters. The molecule has 0 spiro atoms. The van der Waals surface area contributed by atoms with Crippen LogP contribution in [-0.4, -0.2) is 32.6 Å². The van der Waals surface area contributed by atoms with Gasteiger partial charge in [0.1, 0.15) is 28.7 Å². The van der Waals surface area contributed by atoms with Crippen molar-refractivity contribution in [3.05, 3.63) is 113 Å². The first-order valence-electron chi connectivity index (χ1n) is 11.1. The maximum Gasteiger partial charge on any atom is 0.119 e. The Bertz CT molecular complexity index is 1280. The molecule has 5 N–H and O–H groups in total. The van der Waals surface area contributed by atoms with Crippen LogP contribution in [0.2, 0.25) is 0 Å². The van der Waals surface area contributed by atoms with Gasteiger partial charge < -0.3 is 30.3 Å². The predicted octanol–water partition coefficient (Wildman–Crippen LogP) is 6.04. The van der Waals surface area contributed by atoms with Crippen LogP contribution >= 0.6 is 0 Å². The fourth-order valence-corrected chi connectivity index (χ4v) is 3.26. The zero-order chi connectivity index (χ0) is 25.9. The van der Waals surface area contributed by atoms with Gasteiger partial charge in [0.25, 0.3) is 0 Å². The quantitative estimate of drug-likeness (QED) is 0.214. The Morgan fingerprint density at radius 3 is 1.42 bits per heavy atom. The van der Waals surface area contributed by atoms with Gasteiger partial charge in [-0.15, -0.1) is 0 Å². The van der Waals surface area contributed by atoms with E-state index in [-0.39, 0.29) is 29.6 Å². The van der Waals surface area contributed by atoms with Gasteiger partial charge in [-0.2, -0.15) is 0 Å². The molecule has 0 amide bonds. The number of hydrogen-bond acceptors (Lipinski definition) is 6. The number of ether oxygens (including phenoxy) is 1. The minimum atomic E-state index is -0.0166. The molecule has 0 saturated heterocycles. The SMILES string of the molecule is COc1cc(/C=C/c2ccc(O)cc2)cc(CO)c1.Oc1ccc(/C=C/c2cc(O)cc(O)c2)cc1. The molecule has 0 atom stereocenters. The molecule has 4 aromatic rings. The van der Waals surface area contributed by atoms with Crippen molar-refractivity contribution < 1.29 is 30.3 Å². The number of hydrogen-bond donors (Lipinski definition) is 5. The summed E-state index contributed by atoms with van der Waals surface area (Å²) in [6.07, 6.45) is 7.48. The molecule has 4 aromatic carbocycles. The van der Waals surface area contributed by atoms with Gasteiger partial charge in [0, 0.05) is 6.07 Å². The largest absolute Gasteiger partial charge is 0.508 e. The highest BCUT2D eigenvalue weighted by atomic mass is 16.5. The van der Waals surface area contributed by atoms with Crippen LogP contribution in [0.4, 0.5) is 0 Å². The molecule has 0 aliphatic heterocycles. The van der Waals surface area contributed by atoms with E-state index >= 15 is 0 Å². The number of benzene rings is 4. The van der Waals surface area contributed by atoms with Gasteiger partial charge in [-0.25, -0.2) is 0 Å². The van der Waals surface area contributed by atoms with Crippen LogP contribution in [0.5, 0.6) is 28.7 Å². The van der Waals surface area contributed by atoms with E-state index in [2.05, 4.69) is 0 Å². The maximum atomic E-state index is 9.30. The first-order chi connectivity index (χ1) is 17.3. The standard InChI is InChI=1S/C16H16O3.C14H12O3/c1-19-16-9-13(8-14(10-16)11-17)3-2-12-4-6-15(18)7-5-12;15-12-5-3-10(4-6-12)1-2-11-7-13(16)9-14(17)8-11/h2-10,17-18H,11H2,1H3;1-9,15-17H/b3-2+;2-1+. The highest BCUT2D eigenvalue weighted by molar-refractivity contribution is 5.71. The lowest BCUT2D eigenvalue weighted by atomic mass is 10.1. The Balaban J connectivity index is 0.000000202. The van der Waals surface area contributed by atoms with Crippen LogP contribution in [-0.2, 0) is 6.61 Å². The Labute approximate surface area is 210 Å². The van der Waals surface area contributed by atoms with Crippen molar-refractivity contribution >= 4 is 24.3 Å². The molecule has 6 nitrogen and oxygen atoms in total. The van der Waals surface area contributed by atoms with Crippen LogP contribution in [0.1, 0.15) is 27.8 Å². The molecule has 0 radical (unpaired) electrons. The average Bonchev–Trinajstić information content (AvgIpc) is 2.87. The number of methoxy groups -OCH3 is 1. The van der Waals surface area contributed by atoms with Crippen LogP contribution in [0, 0.1) is 0 Å². The third-order valence-corrected chi connectivity index (χ3v) is 5.05. The minimum Gasteiger partial charge on any atom is -0.508 e. The fourth-order valence-electron chi connectivity index (χ4n) is 3.26. The Kier molecular flexibility index (Phi) is 9.14. The highest BCUT2D eigenvalue weighted by Crippen LogP contribution is 2.22. The Morgan fingerprint density at radius 1 is 0.528 bits per heavy atom. The van der Waals surface area contributed by atoms with E-state index in [1.807, 2.05) is 42.5 Å². The second-order valence-electron chi connectivity index (χ2n) is 7.91. The van der Waals surface area contributed by atoms with E-state index in [1.54, 1.807) is 67.8 Å². The Hall–Kier alpha value is -4.68. The van der Waals surface area contributed by atoms with Crippen molar-refractivity contribution in [2.75, 3.05) is 7.11 Å². The lowest BCUT2D eigenvalue weighted by Gasteiger charge is -2.04. The lowest BCUT2D eigenvalue weighted by Crippen LogP contribution is -1.89. The number of rotatable bonds is 6. The topological polar surface area (TPSA) is 110 Å². The van der Waals surface area contributed by atoms with E-state index in [0.717, 1.165) is 28.0 Å². The van der Waals surface area contributed by atoms with Crippen molar-refractivity contribution in [2.45, 2.75) is 6.61 Å². The van der Waals surface area contributed by atoms with Gasteiger partial charge in [-0.3, -0.25) is 0 Å². The maximum absolute atomic E-state index is 9.30. The molecular weight excluding hydrogens is 456 g/mol. The molecule has 0 fully saturated rings. The fraction of sp³-hybridized carbons (Fsp3) is 0.0667. The predicted molar refractivity (Wildman–Crippen MR) is 143 cm³/mol. The zero-order valence-corrected chi connectivity index (χ0v) is 19.7. The van der Waals surface area contributed by atoms with Crippen LogP contribution in [0.25, 0.3) is 24.3 Å². The number of aromatic hydroxyl groups is 4. The average molecular weight is 485 g/mol. The molecule has 0 aliphatic rings. The van der Waals surface area contributed by atoms with E-state index in [9.17, 15) is 20.4 Å². The van der Waals surface area contributed by atoms with Crippen LogP contribution in [0.3, 0.4) is 0 Å². The first kappa shape index (κ1) is 25.9. The molecule has 36 heavy (non-hydrogen) atoms. The summed E-state index contributed by atoms with van der Waals surface area (Å²) in [6.45, 7) is -0.0166. The number of phenols is 4. The van der Waals surface area contributed by atoms with Gasteiger partial charge in [0.05, 0.1) is 13.7 Å². The van der Waals surface area contributed by atoms with Crippen molar-refractivity contribution in [3.8, 4) is 28.7 Å². The summed E-state index contributed by atoms with van der Waals surface area (Å²) in [5, 5.41) is 46.1. The molecule has 0 aromatic heterocycles. The van der Waals surface area contributed by atoms with E-state index in [4.69, 9.17) is 9.84 Å². The number of aliphatic hydroxyl groups is 1. The van der Waals surface area contributed by atoms with Gasteiger partial charge in [-0.05, 0) is 82.4 Å². The smallest absolute Gasteiger partial charge is 0.119 e. The number of aliphatic hydroxyl groups excluding tert-OH is 1. The van der Waals surface area contributed by atoms with Crippen LogP contribution < -0.4 is 4.74 Å². The van der Waals surface area contributed by atoms with Gasteiger partial charge >= 0.3 is 0 Å². The monoisotopic (exact) mass is 484 g/mol. The molecule has 6 heteroatoms. The highest BCUT2D eigenvalue weighted by Gasteiger charge is 1.99. The summed E-state index contributed by atoms with van der Waals surface area (Å²) in [5.41, 5.74) is 4.38. The van der Waals surface area contributed by atoms with Gasteiger partial charge in [0.2, 0.25) is 0 Å².